The fourth-order valence-electron chi connectivity index (χ4n) is 1.83. The maximum atomic E-state index is 11.8. The Morgan fingerprint density at radius 2 is 1.86 bits per heavy atom. The predicted molar refractivity (Wildman–Crippen MR) is 77.2 cm³/mol. The van der Waals surface area contributed by atoms with Crippen LogP contribution < -0.4 is 4.52 Å². The van der Waals surface area contributed by atoms with Gasteiger partial charge in [0.2, 0.25) is 0 Å². The average molecular weight is 310 g/mol. The van der Waals surface area contributed by atoms with Crippen LogP contribution in [0, 0.1) is 0 Å². The molecule has 0 aliphatic rings. The molecule has 0 heterocycles. The standard InChI is InChI=1S/C14H15O6P/c15-14(16)9-4-10-19-21(17,18)20-13-8-3-6-11-5-1-2-7-12(11)13/h1-3,5-8H,4,9-10H2,(H,15,16)(H,17,18). The number of rotatable bonds is 7. The van der Waals surface area contributed by atoms with Crippen molar-refractivity contribution in [3.05, 3.63) is 42.5 Å². The number of carbonyl (C=O) groups is 1. The quantitative estimate of drug-likeness (QED) is 0.602. The van der Waals surface area contributed by atoms with E-state index < -0.39 is 13.8 Å². The van der Waals surface area contributed by atoms with Crippen LogP contribution in [0.15, 0.2) is 42.5 Å². The van der Waals surface area contributed by atoms with Crippen molar-refractivity contribution in [2.45, 2.75) is 12.8 Å². The van der Waals surface area contributed by atoms with Gasteiger partial charge in [0, 0.05) is 11.8 Å². The summed E-state index contributed by atoms with van der Waals surface area (Å²) in [4.78, 5) is 20.0. The van der Waals surface area contributed by atoms with Crippen molar-refractivity contribution in [3.63, 3.8) is 0 Å². The van der Waals surface area contributed by atoms with Gasteiger partial charge in [0.1, 0.15) is 5.75 Å². The van der Waals surface area contributed by atoms with Crippen molar-refractivity contribution in [1.29, 1.82) is 0 Å². The van der Waals surface area contributed by atoms with Gasteiger partial charge < -0.3 is 9.63 Å². The van der Waals surface area contributed by atoms with Crippen LogP contribution in [-0.4, -0.2) is 22.6 Å². The van der Waals surface area contributed by atoms with Crippen molar-refractivity contribution in [3.8, 4) is 5.75 Å². The highest BCUT2D eigenvalue weighted by molar-refractivity contribution is 7.47. The summed E-state index contributed by atoms with van der Waals surface area (Å²) in [5.41, 5.74) is 0. The SMILES string of the molecule is O=C(O)CCCOP(=O)(O)Oc1cccc2ccccc12. The molecule has 0 spiro atoms. The highest BCUT2D eigenvalue weighted by Gasteiger charge is 2.23. The number of carboxylic acid groups (broad SMARTS) is 1. The zero-order valence-corrected chi connectivity index (χ0v) is 12.0. The first kappa shape index (κ1) is 15.5. The van der Waals surface area contributed by atoms with Gasteiger partial charge in [-0.2, -0.15) is 0 Å². The zero-order chi connectivity index (χ0) is 15.3. The molecule has 0 aliphatic heterocycles. The highest BCUT2D eigenvalue weighted by Crippen LogP contribution is 2.45. The number of hydrogen-bond donors (Lipinski definition) is 2. The molecule has 2 aromatic carbocycles. The Balaban J connectivity index is 2.04. The van der Waals surface area contributed by atoms with Gasteiger partial charge in [0.25, 0.3) is 0 Å². The van der Waals surface area contributed by atoms with Crippen molar-refractivity contribution in [1.82, 2.24) is 0 Å². The van der Waals surface area contributed by atoms with Gasteiger partial charge in [-0.15, -0.1) is 0 Å². The number of carboxylic acids is 1. The van der Waals surface area contributed by atoms with Gasteiger partial charge in [0.15, 0.2) is 0 Å². The van der Waals surface area contributed by atoms with Crippen LogP contribution in [-0.2, 0) is 13.9 Å². The molecular weight excluding hydrogens is 295 g/mol. The Bertz CT molecular complexity index is 679. The largest absolute Gasteiger partial charge is 0.527 e. The maximum absolute atomic E-state index is 11.8. The lowest BCUT2D eigenvalue weighted by Crippen LogP contribution is -2.02. The summed E-state index contributed by atoms with van der Waals surface area (Å²) in [6.45, 7) is -0.162. The molecule has 21 heavy (non-hydrogen) atoms. The second-order valence-electron chi connectivity index (χ2n) is 4.37. The average Bonchev–Trinajstić information content (AvgIpc) is 2.44. The van der Waals surface area contributed by atoms with Crippen molar-refractivity contribution in [2.24, 2.45) is 0 Å². The minimum Gasteiger partial charge on any atom is -0.481 e. The third-order valence-electron chi connectivity index (χ3n) is 2.75. The molecule has 0 saturated heterocycles. The summed E-state index contributed by atoms with van der Waals surface area (Å²) in [5.74, 6) is -0.737. The Morgan fingerprint density at radius 3 is 2.62 bits per heavy atom. The molecule has 6 nitrogen and oxygen atoms in total. The van der Waals surface area contributed by atoms with Gasteiger partial charge in [-0.3, -0.25) is 14.2 Å². The second-order valence-corrected chi connectivity index (χ2v) is 5.75. The molecule has 2 rings (SSSR count). The Morgan fingerprint density at radius 1 is 1.14 bits per heavy atom. The number of aliphatic carboxylic acids is 1. The fraction of sp³-hybridized carbons (Fsp3) is 0.214. The van der Waals surface area contributed by atoms with Crippen LogP contribution >= 0.6 is 7.82 Å². The molecule has 0 aromatic heterocycles. The van der Waals surface area contributed by atoms with Crippen molar-refractivity contribution in [2.75, 3.05) is 6.61 Å². The first-order valence-electron chi connectivity index (χ1n) is 6.34. The van der Waals surface area contributed by atoms with Crippen LogP contribution in [0.25, 0.3) is 10.8 Å². The molecule has 0 amide bonds. The lowest BCUT2D eigenvalue weighted by atomic mass is 10.1. The molecule has 0 bridgehead atoms. The molecule has 1 unspecified atom stereocenters. The number of phosphoric ester groups is 1. The number of phosphoric acid groups is 1. The summed E-state index contributed by atoms with van der Waals surface area (Å²) in [7, 11) is -4.27. The van der Waals surface area contributed by atoms with E-state index in [0.717, 1.165) is 5.39 Å². The van der Waals surface area contributed by atoms with Gasteiger partial charge in [-0.05, 0) is 17.9 Å². The summed E-state index contributed by atoms with van der Waals surface area (Å²) >= 11 is 0. The van der Waals surface area contributed by atoms with Crippen LogP contribution in [0.5, 0.6) is 5.75 Å². The molecule has 0 aliphatic carbocycles. The van der Waals surface area contributed by atoms with E-state index in [9.17, 15) is 14.3 Å². The molecule has 2 aromatic rings. The maximum Gasteiger partial charge on any atom is 0.527 e. The lowest BCUT2D eigenvalue weighted by molar-refractivity contribution is -0.137. The Kier molecular flexibility index (Phi) is 4.96. The summed E-state index contributed by atoms with van der Waals surface area (Å²) in [6, 6.07) is 12.4. The molecule has 0 saturated carbocycles. The topological polar surface area (TPSA) is 93.1 Å². The molecule has 0 fully saturated rings. The fourth-order valence-corrected chi connectivity index (χ4v) is 2.65. The molecule has 112 valence electrons. The molecular formula is C14H15O6P. The summed E-state index contributed by atoms with van der Waals surface area (Å²) in [6.07, 6.45) is 0.00699. The van der Waals surface area contributed by atoms with E-state index >= 15 is 0 Å². The van der Waals surface area contributed by atoms with E-state index in [1.807, 2.05) is 18.2 Å². The van der Waals surface area contributed by atoms with Gasteiger partial charge >= 0.3 is 13.8 Å². The monoisotopic (exact) mass is 310 g/mol. The van der Waals surface area contributed by atoms with E-state index in [1.54, 1.807) is 24.3 Å². The smallest absolute Gasteiger partial charge is 0.481 e. The van der Waals surface area contributed by atoms with E-state index in [-0.39, 0.29) is 25.2 Å². The summed E-state index contributed by atoms with van der Waals surface area (Å²) in [5, 5.41) is 10.1. The van der Waals surface area contributed by atoms with E-state index in [2.05, 4.69) is 0 Å². The predicted octanol–water partition coefficient (Wildman–Crippen LogP) is 3.20. The minimum absolute atomic E-state index is 0.131. The van der Waals surface area contributed by atoms with E-state index in [4.69, 9.17) is 14.2 Å². The molecule has 1 atom stereocenters. The number of benzene rings is 2. The third kappa shape index (κ3) is 4.56. The molecule has 7 heteroatoms. The van der Waals surface area contributed by atoms with Crippen LogP contribution in [0.2, 0.25) is 0 Å². The van der Waals surface area contributed by atoms with Crippen molar-refractivity contribution < 1.29 is 28.4 Å². The number of fused-ring (bicyclic) bond motifs is 1. The zero-order valence-electron chi connectivity index (χ0n) is 11.1. The van der Waals surface area contributed by atoms with Crippen LogP contribution in [0.3, 0.4) is 0 Å². The van der Waals surface area contributed by atoms with Crippen molar-refractivity contribution >= 4 is 24.6 Å². The Labute approximate surface area is 121 Å². The normalized spacial score (nSPS) is 13.8. The Hall–Kier alpha value is -1.88. The lowest BCUT2D eigenvalue weighted by Gasteiger charge is -2.14. The number of hydrogen-bond acceptors (Lipinski definition) is 4. The van der Waals surface area contributed by atoms with Crippen LogP contribution in [0.4, 0.5) is 0 Å². The van der Waals surface area contributed by atoms with Gasteiger partial charge in [0.05, 0.1) is 6.61 Å². The highest BCUT2D eigenvalue weighted by atomic mass is 31.2. The molecule has 0 radical (unpaired) electrons. The van der Waals surface area contributed by atoms with Crippen LogP contribution in [0.1, 0.15) is 12.8 Å². The third-order valence-corrected chi connectivity index (χ3v) is 3.69. The second kappa shape index (κ2) is 6.72. The molecule has 2 N–H and O–H groups in total. The van der Waals surface area contributed by atoms with E-state index in [0.29, 0.717) is 5.39 Å². The van der Waals surface area contributed by atoms with Gasteiger partial charge in [-0.1, -0.05) is 36.4 Å². The minimum atomic E-state index is -4.27. The first-order chi connectivity index (χ1) is 9.98. The summed E-state index contributed by atoms with van der Waals surface area (Å²) < 4.78 is 21.7. The first-order valence-corrected chi connectivity index (χ1v) is 7.84. The van der Waals surface area contributed by atoms with E-state index in [1.165, 1.54) is 0 Å². The van der Waals surface area contributed by atoms with Gasteiger partial charge in [-0.25, -0.2) is 4.57 Å².